The number of nitrogens with one attached hydrogen (secondary N) is 2. The van der Waals surface area contributed by atoms with Crippen molar-refractivity contribution in [2.24, 2.45) is 5.41 Å². The van der Waals surface area contributed by atoms with Gasteiger partial charge in [0.15, 0.2) is 0 Å². The molecule has 3 rings (SSSR count). The van der Waals surface area contributed by atoms with Crippen LogP contribution in [0.2, 0.25) is 0 Å². The van der Waals surface area contributed by atoms with Crippen molar-refractivity contribution in [3.05, 3.63) is 11.4 Å². The van der Waals surface area contributed by atoms with Gasteiger partial charge < -0.3 is 15.7 Å². The molecule has 0 atom stereocenters. The monoisotopic (exact) mass is 262 g/mol. The normalized spacial score (nSPS) is 20.2. The highest BCUT2D eigenvalue weighted by atomic mass is 16.3. The third kappa shape index (κ3) is 2.52. The van der Waals surface area contributed by atoms with Gasteiger partial charge in [0.2, 0.25) is 0 Å². The zero-order chi connectivity index (χ0) is 13.5. The average molecular weight is 262 g/mol. The fraction of sp³-hybridized carbons (Fsp3) is 0.714. The number of anilines is 2. The second-order valence-electron chi connectivity index (χ2n) is 5.94. The van der Waals surface area contributed by atoms with E-state index in [1.807, 2.05) is 14.0 Å². The van der Waals surface area contributed by atoms with E-state index in [0.717, 1.165) is 42.4 Å². The van der Waals surface area contributed by atoms with Crippen LogP contribution in [0.5, 0.6) is 0 Å². The Morgan fingerprint density at radius 1 is 1.26 bits per heavy atom. The Morgan fingerprint density at radius 3 is 2.47 bits per heavy atom. The molecule has 19 heavy (non-hydrogen) atoms. The predicted molar refractivity (Wildman–Crippen MR) is 75.5 cm³/mol. The summed E-state index contributed by atoms with van der Waals surface area (Å²) < 4.78 is 0. The first-order valence-corrected chi connectivity index (χ1v) is 7.08. The number of aromatic nitrogens is 2. The maximum atomic E-state index is 9.37. The van der Waals surface area contributed by atoms with Gasteiger partial charge in [-0.05, 0) is 32.6 Å². The van der Waals surface area contributed by atoms with Crippen molar-refractivity contribution in [2.75, 3.05) is 30.8 Å². The van der Waals surface area contributed by atoms with Gasteiger partial charge in [-0.3, -0.25) is 0 Å². The fourth-order valence-corrected chi connectivity index (χ4v) is 2.31. The Balaban J connectivity index is 1.80. The molecule has 2 saturated carbocycles. The molecule has 0 amide bonds. The van der Waals surface area contributed by atoms with E-state index in [9.17, 15) is 5.11 Å². The van der Waals surface area contributed by atoms with Gasteiger partial charge in [0.25, 0.3) is 0 Å². The summed E-state index contributed by atoms with van der Waals surface area (Å²) in [5.41, 5.74) is 1.15. The van der Waals surface area contributed by atoms with Crippen LogP contribution in [-0.2, 0) is 0 Å². The van der Waals surface area contributed by atoms with Crippen molar-refractivity contribution in [2.45, 2.75) is 38.5 Å². The summed E-state index contributed by atoms with van der Waals surface area (Å²) in [7, 11) is 1.89. The van der Waals surface area contributed by atoms with Gasteiger partial charge >= 0.3 is 0 Å². The Hall–Kier alpha value is -1.36. The maximum absolute atomic E-state index is 9.37. The number of hydrogen-bond donors (Lipinski definition) is 3. The van der Waals surface area contributed by atoms with Crippen LogP contribution in [0.1, 0.15) is 43.0 Å². The average Bonchev–Trinajstić information content (AvgIpc) is 3.30. The van der Waals surface area contributed by atoms with E-state index >= 15 is 0 Å². The number of hydrogen-bond acceptors (Lipinski definition) is 5. The summed E-state index contributed by atoms with van der Waals surface area (Å²) in [5, 5.41) is 15.9. The molecule has 0 radical (unpaired) electrons. The van der Waals surface area contributed by atoms with Gasteiger partial charge in [-0.2, -0.15) is 0 Å². The Labute approximate surface area is 113 Å². The summed E-state index contributed by atoms with van der Waals surface area (Å²) in [6.45, 7) is 3.09. The van der Waals surface area contributed by atoms with Gasteiger partial charge in [-0.25, -0.2) is 9.97 Å². The van der Waals surface area contributed by atoms with Crippen LogP contribution in [0.15, 0.2) is 0 Å². The molecule has 0 aromatic carbocycles. The number of aliphatic hydroxyl groups excluding tert-OH is 1. The van der Waals surface area contributed by atoms with Gasteiger partial charge in [0.1, 0.15) is 17.5 Å². The van der Waals surface area contributed by atoms with Crippen molar-refractivity contribution in [3.63, 3.8) is 0 Å². The van der Waals surface area contributed by atoms with E-state index in [2.05, 4.69) is 20.6 Å². The summed E-state index contributed by atoms with van der Waals surface area (Å²) in [6, 6.07) is 0. The third-order valence-electron chi connectivity index (χ3n) is 4.27. The van der Waals surface area contributed by atoms with Gasteiger partial charge in [-0.15, -0.1) is 0 Å². The van der Waals surface area contributed by atoms with Gasteiger partial charge in [-0.1, -0.05) is 0 Å². The molecule has 1 aromatic heterocycles. The SMILES string of the molecule is CNc1nc(C2CC2)nc(NCC2(CO)CC2)c1C. The van der Waals surface area contributed by atoms with Gasteiger partial charge in [0, 0.05) is 30.5 Å². The molecule has 2 fully saturated rings. The topological polar surface area (TPSA) is 70.1 Å². The van der Waals surface area contributed by atoms with Crippen LogP contribution in [0, 0.1) is 12.3 Å². The smallest absolute Gasteiger partial charge is 0.136 e. The van der Waals surface area contributed by atoms with E-state index in [1.54, 1.807) is 0 Å². The van der Waals surface area contributed by atoms with Crippen LogP contribution >= 0.6 is 0 Å². The van der Waals surface area contributed by atoms with Crippen molar-refractivity contribution in [1.82, 2.24) is 9.97 Å². The summed E-state index contributed by atoms with van der Waals surface area (Å²) >= 11 is 0. The molecule has 1 aromatic rings. The van der Waals surface area contributed by atoms with Crippen molar-refractivity contribution in [1.29, 1.82) is 0 Å². The molecule has 5 nitrogen and oxygen atoms in total. The molecule has 0 unspecified atom stereocenters. The highest BCUT2D eigenvalue weighted by Gasteiger charge is 2.42. The first kappa shape index (κ1) is 12.7. The van der Waals surface area contributed by atoms with Crippen molar-refractivity contribution >= 4 is 11.6 Å². The van der Waals surface area contributed by atoms with Crippen LogP contribution in [0.4, 0.5) is 11.6 Å². The minimum atomic E-state index is 0.0942. The molecule has 5 heteroatoms. The van der Waals surface area contributed by atoms with E-state index in [1.165, 1.54) is 12.8 Å². The largest absolute Gasteiger partial charge is 0.396 e. The summed E-state index contributed by atoms with van der Waals surface area (Å²) in [6.07, 6.45) is 4.61. The highest BCUT2D eigenvalue weighted by Crippen LogP contribution is 2.45. The first-order valence-electron chi connectivity index (χ1n) is 7.08. The molecule has 104 valence electrons. The second kappa shape index (κ2) is 4.63. The quantitative estimate of drug-likeness (QED) is 0.730. The molecule has 0 saturated heterocycles. The van der Waals surface area contributed by atoms with Crippen LogP contribution < -0.4 is 10.6 Å². The summed E-state index contributed by atoms with van der Waals surface area (Å²) in [5.74, 6) is 3.32. The minimum Gasteiger partial charge on any atom is -0.396 e. The molecule has 3 N–H and O–H groups in total. The Morgan fingerprint density at radius 2 is 1.95 bits per heavy atom. The summed E-state index contributed by atoms with van der Waals surface area (Å²) in [4.78, 5) is 9.25. The standard InChI is InChI=1S/C14H22N4O/c1-9-11(15-2)17-13(10-3-4-10)18-12(9)16-7-14(8-19)5-6-14/h10,19H,3-8H2,1-2H3,(H2,15,16,17,18). The maximum Gasteiger partial charge on any atom is 0.136 e. The molecule has 1 heterocycles. The number of aliphatic hydroxyl groups is 1. The lowest BCUT2D eigenvalue weighted by Gasteiger charge is -2.17. The second-order valence-corrected chi connectivity index (χ2v) is 5.94. The first-order chi connectivity index (χ1) is 9.17. The molecule has 0 bridgehead atoms. The fourth-order valence-electron chi connectivity index (χ4n) is 2.31. The van der Waals surface area contributed by atoms with Crippen molar-refractivity contribution < 1.29 is 5.11 Å². The van der Waals surface area contributed by atoms with Crippen LogP contribution in [0.3, 0.4) is 0 Å². The lowest BCUT2D eigenvalue weighted by molar-refractivity contribution is 0.219. The van der Waals surface area contributed by atoms with Gasteiger partial charge in [0.05, 0.1) is 6.61 Å². The lowest BCUT2D eigenvalue weighted by atomic mass is 10.1. The zero-order valence-electron chi connectivity index (χ0n) is 11.7. The third-order valence-corrected chi connectivity index (χ3v) is 4.27. The molecule has 0 spiro atoms. The van der Waals surface area contributed by atoms with Crippen LogP contribution in [0.25, 0.3) is 0 Å². The van der Waals surface area contributed by atoms with E-state index in [4.69, 9.17) is 0 Å². The highest BCUT2D eigenvalue weighted by molar-refractivity contribution is 5.57. The van der Waals surface area contributed by atoms with Crippen LogP contribution in [-0.4, -0.2) is 35.3 Å². The van der Waals surface area contributed by atoms with E-state index < -0.39 is 0 Å². The van der Waals surface area contributed by atoms with E-state index in [-0.39, 0.29) is 12.0 Å². The molecule has 2 aliphatic rings. The Bertz CT molecular complexity index is 481. The van der Waals surface area contributed by atoms with E-state index in [0.29, 0.717) is 5.92 Å². The zero-order valence-corrected chi connectivity index (χ0v) is 11.7. The minimum absolute atomic E-state index is 0.0942. The Kier molecular flexibility index (Phi) is 3.09. The van der Waals surface area contributed by atoms with Crippen molar-refractivity contribution in [3.8, 4) is 0 Å². The number of nitrogens with zero attached hydrogens (tertiary/aromatic N) is 2. The molecule has 0 aliphatic heterocycles. The predicted octanol–water partition coefficient (Wildman–Crippen LogP) is 1.89. The number of rotatable bonds is 6. The lowest BCUT2D eigenvalue weighted by Crippen LogP contribution is -2.21. The molecule has 2 aliphatic carbocycles. The molecular formula is C14H22N4O. The molecular weight excluding hydrogens is 240 g/mol.